The summed E-state index contributed by atoms with van der Waals surface area (Å²) in [7, 11) is -4.25. The van der Waals surface area contributed by atoms with Crippen molar-refractivity contribution in [2.45, 2.75) is 24.4 Å². The molecule has 9 heteroatoms. The Bertz CT molecular complexity index is 517. The van der Waals surface area contributed by atoms with E-state index in [1.807, 2.05) is 6.92 Å². The third-order valence-corrected chi connectivity index (χ3v) is 3.50. The summed E-state index contributed by atoms with van der Waals surface area (Å²) in [5.41, 5.74) is 0. The van der Waals surface area contributed by atoms with E-state index in [1.54, 1.807) is 0 Å². The van der Waals surface area contributed by atoms with Crippen LogP contribution in [0.5, 0.6) is 0 Å². The molecular formula is C10H14F3N3O2S. The molecule has 1 aromatic heterocycles. The highest BCUT2D eigenvalue weighted by atomic mass is 32.2. The lowest BCUT2D eigenvalue weighted by atomic mass is 10.4. The first kappa shape index (κ1) is 15.7. The van der Waals surface area contributed by atoms with Gasteiger partial charge in [-0.25, -0.2) is 18.1 Å². The largest absolute Gasteiger partial charge is 0.402 e. The summed E-state index contributed by atoms with van der Waals surface area (Å²) in [6, 6.07) is 2.54. The number of hydrogen-bond acceptors (Lipinski definition) is 4. The molecule has 0 bridgehead atoms. The number of rotatable bonds is 6. The third kappa shape index (κ3) is 5.03. The topological polar surface area (TPSA) is 71.1 Å². The van der Waals surface area contributed by atoms with Gasteiger partial charge in [-0.15, -0.1) is 0 Å². The van der Waals surface area contributed by atoms with Crippen molar-refractivity contribution in [1.82, 2.24) is 9.71 Å². The summed E-state index contributed by atoms with van der Waals surface area (Å²) >= 11 is 0. The Morgan fingerprint density at radius 3 is 2.63 bits per heavy atom. The van der Waals surface area contributed by atoms with Crippen molar-refractivity contribution in [3.8, 4) is 0 Å². The van der Waals surface area contributed by atoms with Crippen molar-refractivity contribution in [2.24, 2.45) is 0 Å². The first-order chi connectivity index (χ1) is 8.76. The smallest absolute Gasteiger partial charge is 0.369 e. The van der Waals surface area contributed by atoms with Crippen LogP contribution in [-0.2, 0) is 10.0 Å². The summed E-state index contributed by atoms with van der Waals surface area (Å²) in [6.07, 6.45) is -2.51. The van der Waals surface area contributed by atoms with Crippen molar-refractivity contribution >= 4 is 15.8 Å². The molecule has 19 heavy (non-hydrogen) atoms. The summed E-state index contributed by atoms with van der Waals surface area (Å²) in [4.78, 5) is 3.52. The Morgan fingerprint density at radius 2 is 2.05 bits per heavy atom. The normalized spacial score (nSPS) is 12.4. The van der Waals surface area contributed by atoms with Crippen molar-refractivity contribution < 1.29 is 21.6 Å². The maximum Gasteiger partial charge on any atom is 0.402 e. The van der Waals surface area contributed by atoms with Crippen LogP contribution in [0.3, 0.4) is 0 Å². The van der Waals surface area contributed by atoms with Crippen LogP contribution >= 0.6 is 0 Å². The van der Waals surface area contributed by atoms with E-state index >= 15 is 0 Å². The van der Waals surface area contributed by atoms with Crippen LogP contribution in [0.4, 0.5) is 19.0 Å². The second kappa shape index (κ2) is 6.20. The molecule has 1 aromatic rings. The van der Waals surface area contributed by atoms with E-state index in [1.165, 1.54) is 23.1 Å². The zero-order valence-corrected chi connectivity index (χ0v) is 11.0. The van der Waals surface area contributed by atoms with Crippen LogP contribution in [0.25, 0.3) is 0 Å². The molecule has 1 rings (SSSR count). The Labute approximate surface area is 109 Å². The van der Waals surface area contributed by atoms with Crippen molar-refractivity contribution in [3.63, 3.8) is 0 Å². The molecule has 108 valence electrons. The van der Waals surface area contributed by atoms with Gasteiger partial charge in [0.2, 0.25) is 10.0 Å². The molecule has 2 N–H and O–H groups in total. The summed E-state index contributed by atoms with van der Waals surface area (Å²) in [6.45, 7) is 0.724. The Kier molecular flexibility index (Phi) is 5.12. The van der Waals surface area contributed by atoms with Crippen LogP contribution in [0, 0.1) is 0 Å². The molecule has 0 aliphatic heterocycles. The molecule has 0 saturated carbocycles. The molecule has 0 aliphatic carbocycles. The van der Waals surface area contributed by atoms with Gasteiger partial charge in [0.1, 0.15) is 17.3 Å². The third-order valence-electron chi connectivity index (χ3n) is 2.07. The first-order valence-corrected chi connectivity index (χ1v) is 7.00. The highest BCUT2D eigenvalue weighted by Crippen LogP contribution is 2.19. The summed E-state index contributed by atoms with van der Waals surface area (Å²) in [5, 5.41) is 2.75. The molecule has 0 fully saturated rings. The second-order valence-corrected chi connectivity index (χ2v) is 5.45. The molecule has 1 heterocycles. The predicted octanol–water partition coefficient (Wildman–Crippen LogP) is 1.74. The van der Waals surface area contributed by atoms with Crippen LogP contribution < -0.4 is 10.0 Å². The second-order valence-electron chi connectivity index (χ2n) is 3.72. The number of sulfonamides is 1. The standard InChI is InChI=1S/C10H14F3N3O2S/c1-2-5-14-9-8(4-3-6-15-9)19(17,18)16-7-10(11,12)13/h3-4,6,16H,2,5,7H2,1H3,(H,14,15). The lowest BCUT2D eigenvalue weighted by Crippen LogP contribution is -2.34. The molecule has 0 aliphatic rings. The molecular weight excluding hydrogens is 283 g/mol. The summed E-state index contributed by atoms with van der Waals surface area (Å²) in [5.74, 6) is 0.0408. The van der Waals surface area contributed by atoms with Crippen LogP contribution in [0.15, 0.2) is 23.2 Å². The van der Waals surface area contributed by atoms with Gasteiger partial charge < -0.3 is 5.32 Å². The van der Waals surface area contributed by atoms with Crippen LogP contribution in [0.2, 0.25) is 0 Å². The highest BCUT2D eigenvalue weighted by Gasteiger charge is 2.31. The van der Waals surface area contributed by atoms with Gasteiger partial charge in [0.05, 0.1) is 0 Å². The fourth-order valence-corrected chi connectivity index (χ4v) is 2.38. The van der Waals surface area contributed by atoms with Gasteiger partial charge in [0.15, 0.2) is 0 Å². The van der Waals surface area contributed by atoms with Gasteiger partial charge >= 0.3 is 6.18 Å². The first-order valence-electron chi connectivity index (χ1n) is 5.51. The number of anilines is 1. The maximum atomic E-state index is 12.0. The minimum atomic E-state index is -4.60. The number of pyridine rings is 1. The van der Waals surface area contributed by atoms with E-state index in [-0.39, 0.29) is 10.7 Å². The van der Waals surface area contributed by atoms with E-state index in [0.29, 0.717) is 6.54 Å². The molecule has 0 radical (unpaired) electrons. The Balaban J connectivity index is 2.94. The average Bonchev–Trinajstić information content (AvgIpc) is 2.34. The average molecular weight is 297 g/mol. The van der Waals surface area contributed by atoms with Crippen molar-refractivity contribution in [2.75, 3.05) is 18.4 Å². The Hall–Kier alpha value is -1.35. The lowest BCUT2D eigenvalue weighted by Gasteiger charge is -2.12. The predicted molar refractivity (Wildman–Crippen MR) is 64.3 cm³/mol. The zero-order valence-electron chi connectivity index (χ0n) is 10.2. The van der Waals surface area contributed by atoms with E-state index in [0.717, 1.165) is 6.42 Å². The monoisotopic (exact) mass is 297 g/mol. The molecule has 0 amide bonds. The van der Waals surface area contributed by atoms with Crippen LogP contribution in [0.1, 0.15) is 13.3 Å². The van der Waals surface area contributed by atoms with E-state index < -0.39 is 22.7 Å². The fraction of sp³-hybridized carbons (Fsp3) is 0.500. The number of aromatic nitrogens is 1. The summed E-state index contributed by atoms with van der Waals surface area (Å²) < 4.78 is 61.2. The van der Waals surface area contributed by atoms with Gasteiger partial charge in [-0.05, 0) is 18.6 Å². The quantitative estimate of drug-likeness (QED) is 0.839. The molecule has 0 aromatic carbocycles. The van der Waals surface area contributed by atoms with E-state index in [9.17, 15) is 21.6 Å². The molecule has 5 nitrogen and oxygen atoms in total. The minimum absolute atomic E-state index is 0.0408. The number of nitrogens with one attached hydrogen (secondary N) is 2. The molecule has 0 spiro atoms. The molecule has 0 saturated heterocycles. The number of nitrogens with zero attached hydrogens (tertiary/aromatic N) is 1. The number of hydrogen-bond donors (Lipinski definition) is 2. The van der Waals surface area contributed by atoms with Gasteiger partial charge in [-0.2, -0.15) is 13.2 Å². The highest BCUT2D eigenvalue weighted by molar-refractivity contribution is 7.89. The Morgan fingerprint density at radius 1 is 1.37 bits per heavy atom. The zero-order chi connectivity index (χ0) is 14.5. The van der Waals surface area contributed by atoms with Crippen molar-refractivity contribution in [3.05, 3.63) is 18.3 Å². The molecule has 0 unspecified atom stereocenters. The number of halogens is 3. The maximum absolute atomic E-state index is 12.0. The number of alkyl halides is 3. The van der Waals surface area contributed by atoms with Crippen molar-refractivity contribution in [1.29, 1.82) is 0 Å². The van der Waals surface area contributed by atoms with Gasteiger partial charge in [0.25, 0.3) is 0 Å². The fourth-order valence-electron chi connectivity index (χ4n) is 1.24. The SMILES string of the molecule is CCCNc1ncccc1S(=O)(=O)NCC(F)(F)F. The van der Waals surface area contributed by atoms with Crippen LogP contribution in [-0.4, -0.2) is 32.7 Å². The molecule has 0 atom stereocenters. The van der Waals surface area contributed by atoms with E-state index in [2.05, 4.69) is 10.3 Å². The minimum Gasteiger partial charge on any atom is -0.369 e. The van der Waals surface area contributed by atoms with E-state index in [4.69, 9.17) is 0 Å². The van der Waals surface area contributed by atoms with Gasteiger partial charge in [-0.1, -0.05) is 6.92 Å². The van der Waals surface area contributed by atoms with Gasteiger partial charge in [0, 0.05) is 12.7 Å². The lowest BCUT2D eigenvalue weighted by molar-refractivity contribution is -0.121. The van der Waals surface area contributed by atoms with Gasteiger partial charge in [-0.3, -0.25) is 0 Å².